The Hall–Kier alpha value is -1.21. The van der Waals surface area contributed by atoms with Crippen LogP contribution in [0.3, 0.4) is 0 Å². The molecule has 1 aromatic heterocycles. The first-order valence-corrected chi connectivity index (χ1v) is 9.19. The molecule has 1 aromatic rings. The largest absolute Gasteiger partial charge is 0.340 e. The van der Waals surface area contributed by atoms with Crippen LogP contribution in [-0.2, 0) is 10.0 Å². The summed E-state index contributed by atoms with van der Waals surface area (Å²) in [5, 5.41) is -0.0910. The van der Waals surface area contributed by atoms with Gasteiger partial charge in [-0.05, 0) is 37.7 Å². The van der Waals surface area contributed by atoms with Crippen LogP contribution < -0.4 is 4.90 Å². The van der Waals surface area contributed by atoms with Crippen LogP contribution in [0, 0.1) is 5.92 Å². The van der Waals surface area contributed by atoms with Crippen molar-refractivity contribution in [2.45, 2.75) is 37.0 Å². The van der Waals surface area contributed by atoms with E-state index in [0.717, 1.165) is 44.7 Å². The zero-order chi connectivity index (χ0) is 14.4. The van der Waals surface area contributed by atoms with Crippen LogP contribution in [0.1, 0.15) is 25.7 Å². The van der Waals surface area contributed by atoms with Crippen molar-refractivity contribution in [3.8, 4) is 0 Å². The van der Waals surface area contributed by atoms with E-state index in [1.807, 2.05) is 6.07 Å². The van der Waals surface area contributed by atoms with Gasteiger partial charge in [0.2, 0.25) is 16.0 Å². The van der Waals surface area contributed by atoms with E-state index in [9.17, 15) is 8.42 Å². The first-order chi connectivity index (χ1) is 10.2. The van der Waals surface area contributed by atoms with Gasteiger partial charge in [0.15, 0.2) is 0 Å². The zero-order valence-corrected chi connectivity index (χ0v) is 12.7. The van der Waals surface area contributed by atoms with Crippen molar-refractivity contribution in [1.82, 2.24) is 14.3 Å². The molecule has 3 fully saturated rings. The highest BCUT2D eigenvalue weighted by Crippen LogP contribution is 2.39. The molecule has 7 heteroatoms. The molecular weight excluding hydrogens is 288 g/mol. The third kappa shape index (κ3) is 2.32. The summed E-state index contributed by atoms with van der Waals surface area (Å²) in [5.41, 5.74) is 0. The van der Waals surface area contributed by atoms with E-state index < -0.39 is 10.0 Å². The highest BCUT2D eigenvalue weighted by Gasteiger charge is 2.48. The quantitative estimate of drug-likeness (QED) is 0.829. The number of fused-ring (bicyclic) bond motifs is 1. The molecule has 1 saturated carbocycles. The minimum absolute atomic E-state index is 0.0910. The molecule has 4 rings (SSSR count). The van der Waals surface area contributed by atoms with Crippen molar-refractivity contribution in [3.05, 3.63) is 18.5 Å². The Labute approximate surface area is 125 Å². The van der Waals surface area contributed by atoms with Crippen LogP contribution in [0.5, 0.6) is 0 Å². The Morgan fingerprint density at radius 3 is 2.52 bits per heavy atom. The molecule has 2 atom stereocenters. The number of anilines is 1. The summed E-state index contributed by atoms with van der Waals surface area (Å²) >= 11 is 0. The molecule has 0 aromatic carbocycles. The molecule has 6 nitrogen and oxygen atoms in total. The summed E-state index contributed by atoms with van der Waals surface area (Å²) in [6, 6.07) is 2.01. The van der Waals surface area contributed by atoms with Crippen LogP contribution in [0.4, 0.5) is 5.95 Å². The molecule has 114 valence electrons. The molecular formula is C14H20N4O2S. The molecule has 0 amide bonds. The number of rotatable bonds is 3. The maximum absolute atomic E-state index is 12.5. The van der Waals surface area contributed by atoms with Gasteiger partial charge in [-0.15, -0.1) is 0 Å². The smallest absolute Gasteiger partial charge is 0.225 e. The lowest BCUT2D eigenvalue weighted by Crippen LogP contribution is -2.48. The van der Waals surface area contributed by atoms with E-state index in [1.165, 1.54) is 0 Å². The van der Waals surface area contributed by atoms with Gasteiger partial charge in [0.25, 0.3) is 0 Å². The third-order valence-electron chi connectivity index (χ3n) is 4.89. The number of nitrogens with zero attached hydrogens (tertiary/aromatic N) is 4. The van der Waals surface area contributed by atoms with Gasteiger partial charge in [-0.25, -0.2) is 18.4 Å². The fourth-order valence-electron chi connectivity index (χ4n) is 3.65. The first-order valence-electron chi connectivity index (χ1n) is 7.69. The Bertz CT molecular complexity index is 617. The minimum atomic E-state index is -3.03. The normalized spacial score (nSPS) is 30.4. The zero-order valence-electron chi connectivity index (χ0n) is 11.9. The summed E-state index contributed by atoms with van der Waals surface area (Å²) < 4.78 is 26.8. The van der Waals surface area contributed by atoms with Gasteiger partial charge in [0.05, 0.1) is 5.25 Å². The Balaban J connectivity index is 1.50. The van der Waals surface area contributed by atoms with E-state index in [1.54, 1.807) is 16.7 Å². The molecule has 1 aliphatic carbocycles. The van der Waals surface area contributed by atoms with E-state index in [-0.39, 0.29) is 11.3 Å². The lowest BCUT2D eigenvalue weighted by Gasteiger charge is -2.37. The fraction of sp³-hybridized carbons (Fsp3) is 0.714. The molecule has 2 saturated heterocycles. The number of aromatic nitrogens is 2. The highest BCUT2D eigenvalue weighted by molar-refractivity contribution is 7.90. The van der Waals surface area contributed by atoms with Gasteiger partial charge in [0.1, 0.15) is 0 Å². The van der Waals surface area contributed by atoms with Gasteiger partial charge in [0, 0.05) is 38.1 Å². The fourth-order valence-corrected chi connectivity index (χ4v) is 5.78. The SMILES string of the molecule is O=S(=O)(C1CC1)N1CC[C@@H]2CN(c3ncccn3)CC[C@H]21. The molecule has 0 bridgehead atoms. The molecule has 2 aliphatic heterocycles. The lowest BCUT2D eigenvalue weighted by molar-refractivity contribution is 0.291. The summed E-state index contributed by atoms with van der Waals surface area (Å²) in [6.45, 7) is 2.39. The van der Waals surface area contributed by atoms with E-state index in [2.05, 4.69) is 14.9 Å². The molecule has 0 radical (unpaired) electrons. The first kappa shape index (κ1) is 13.5. The van der Waals surface area contributed by atoms with Crippen molar-refractivity contribution in [3.63, 3.8) is 0 Å². The maximum atomic E-state index is 12.5. The van der Waals surface area contributed by atoms with E-state index >= 15 is 0 Å². The molecule has 0 spiro atoms. The van der Waals surface area contributed by atoms with Crippen molar-refractivity contribution < 1.29 is 8.42 Å². The Morgan fingerprint density at radius 1 is 1.05 bits per heavy atom. The summed E-state index contributed by atoms with van der Waals surface area (Å²) in [5.74, 6) is 1.18. The standard InChI is InChI=1S/C14H20N4O2S/c19-21(20,12-2-3-12)18-9-4-11-10-17(8-5-13(11)18)14-15-6-1-7-16-14/h1,6-7,11-13H,2-5,8-10H2/t11-,13-/m1/s1. The van der Waals surface area contributed by atoms with Gasteiger partial charge >= 0.3 is 0 Å². The van der Waals surface area contributed by atoms with Gasteiger partial charge in [-0.3, -0.25) is 0 Å². The monoisotopic (exact) mass is 308 g/mol. The number of hydrogen-bond acceptors (Lipinski definition) is 5. The predicted molar refractivity (Wildman–Crippen MR) is 79.4 cm³/mol. The van der Waals surface area contributed by atoms with Gasteiger partial charge < -0.3 is 4.90 Å². The van der Waals surface area contributed by atoms with Gasteiger partial charge in [-0.1, -0.05) is 0 Å². The second kappa shape index (κ2) is 4.91. The molecule has 3 heterocycles. The number of hydrogen-bond donors (Lipinski definition) is 0. The van der Waals surface area contributed by atoms with Crippen LogP contribution >= 0.6 is 0 Å². The van der Waals surface area contributed by atoms with Crippen LogP contribution in [-0.4, -0.2) is 53.6 Å². The third-order valence-corrected chi connectivity index (χ3v) is 7.31. The Kier molecular flexibility index (Phi) is 3.15. The van der Waals surface area contributed by atoms with Crippen LogP contribution in [0.15, 0.2) is 18.5 Å². The second-order valence-electron chi connectivity index (χ2n) is 6.25. The highest BCUT2D eigenvalue weighted by atomic mass is 32.2. The Morgan fingerprint density at radius 2 is 1.81 bits per heavy atom. The van der Waals surface area contributed by atoms with Gasteiger partial charge in [-0.2, -0.15) is 4.31 Å². The summed E-state index contributed by atoms with van der Waals surface area (Å²) in [4.78, 5) is 10.8. The summed E-state index contributed by atoms with van der Waals surface area (Å²) in [7, 11) is -3.03. The molecule has 0 N–H and O–H groups in total. The molecule has 0 unspecified atom stereocenters. The van der Waals surface area contributed by atoms with E-state index in [4.69, 9.17) is 0 Å². The average Bonchev–Trinajstić information content (AvgIpc) is 3.28. The number of piperidine rings is 1. The average molecular weight is 308 g/mol. The maximum Gasteiger partial charge on any atom is 0.225 e. The molecule has 3 aliphatic rings. The van der Waals surface area contributed by atoms with Crippen LogP contribution in [0.25, 0.3) is 0 Å². The second-order valence-corrected chi connectivity index (χ2v) is 8.42. The van der Waals surface area contributed by atoms with Crippen LogP contribution in [0.2, 0.25) is 0 Å². The topological polar surface area (TPSA) is 66.4 Å². The van der Waals surface area contributed by atoms with Crippen molar-refractivity contribution in [1.29, 1.82) is 0 Å². The predicted octanol–water partition coefficient (Wildman–Crippen LogP) is 0.869. The lowest BCUT2D eigenvalue weighted by atomic mass is 9.93. The van der Waals surface area contributed by atoms with Crippen molar-refractivity contribution in [2.75, 3.05) is 24.5 Å². The summed E-state index contributed by atoms with van der Waals surface area (Å²) in [6.07, 6.45) is 7.05. The minimum Gasteiger partial charge on any atom is -0.340 e. The van der Waals surface area contributed by atoms with Crippen molar-refractivity contribution in [2.24, 2.45) is 5.92 Å². The molecule has 21 heavy (non-hydrogen) atoms. The van der Waals surface area contributed by atoms with E-state index in [0.29, 0.717) is 12.5 Å². The number of sulfonamides is 1. The van der Waals surface area contributed by atoms with Crippen molar-refractivity contribution >= 4 is 16.0 Å².